The second kappa shape index (κ2) is 34.2. The van der Waals surface area contributed by atoms with Crippen LogP contribution in [0.2, 0.25) is 0 Å². The van der Waals surface area contributed by atoms with Crippen molar-refractivity contribution in [3.05, 3.63) is 6.15 Å². The van der Waals surface area contributed by atoms with Gasteiger partial charge < -0.3 is 24.1 Å². The van der Waals surface area contributed by atoms with Gasteiger partial charge in [0.25, 0.3) is 0 Å². The molecule has 41 heavy (non-hydrogen) atoms. The van der Waals surface area contributed by atoms with E-state index in [2.05, 4.69) is 111 Å². The van der Waals surface area contributed by atoms with Gasteiger partial charge in [-0.1, -0.05) is 0 Å². The number of hydrogen-bond donors (Lipinski definition) is 0. The number of rotatable bonds is 16. The number of nitrogens with zero attached hydrogens (tertiary/aromatic N) is 4. The molecule has 5 nitrogen and oxygen atoms in total. The van der Waals surface area contributed by atoms with Crippen molar-refractivity contribution in [3.63, 3.8) is 0 Å². The molecular formula is C32H82Cl3N5Pt+3. The van der Waals surface area contributed by atoms with Crippen LogP contribution in [-0.2, 0) is 14.2 Å². The summed E-state index contributed by atoms with van der Waals surface area (Å²) in [6, 6.07) is 0. The van der Waals surface area contributed by atoms with Crippen molar-refractivity contribution in [3.8, 4) is 0 Å². The van der Waals surface area contributed by atoms with Crippen LogP contribution < -0.4 is 0 Å². The van der Waals surface area contributed by atoms with Gasteiger partial charge in [-0.25, -0.2) is 0 Å². The van der Waals surface area contributed by atoms with E-state index in [4.69, 9.17) is 28.3 Å². The molecule has 0 atom stereocenters. The Bertz CT molecular complexity index is 331. The maximum atomic E-state index is 4.96. The van der Waals surface area contributed by atoms with E-state index in [1.807, 2.05) is 0 Å². The molecule has 0 aliphatic heterocycles. The molecule has 0 saturated carbocycles. The molecule has 0 radical (unpaired) electrons. The van der Waals surface area contributed by atoms with Crippen LogP contribution in [0.1, 0.15) is 111 Å². The van der Waals surface area contributed by atoms with E-state index in [0.29, 0.717) is 0 Å². The van der Waals surface area contributed by atoms with Crippen LogP contribution in [0.15, 0.2) is 0 Å². The second-order valence-corrected chi connectivity index (χ2v) is 20.4. The zero-order chi connectivity index (χ0) is 32.9. The number of hydrogen-bond acceptors (Lipinski definition) is 0. The molecule has 0 aromatic carbocycles. The van der Waals surface area contributed by atoms with Gasteiger partial charge in [0.05, 0.1) is 105 Å². The molecular weight excluding hydrogens is 756 g/mol. The molecule has 0 fully saturated rings. The topological polar surface area (TPSA) is 33.5 Å². The Morgan fingerprint density at radius 3 is 0.317 bits per heavy atom. The molecule has 9 heteroatoms. The fourth-order valence-electron chi connectivity index (χ4n) is 5.37. The van der Waals surface area contributed by atoms with Crippen LogP contribution in [0.5, 0.6) is 0 Å². The minimum atomic E-state index is -1.85. The molecule has 263 valence electrons. The van der Waals surface area contributed by atoms with Crippen LogP contribution >= 0.6 is 28.3 Å². The molecule has 0 amide bonds. The minimum absolute atomic E-state index is 0. The number of quaternary nitrogens is 4. The van der Waals surface area contributed by atoms with Gasteiger partial charge in [0.1, 0.15) is 0 Å². The van der Waals surface area contributed by atoms with E-state index in [1.54, 1.807) is 0 Å². The Morgan fingerprint density at radius 1 is 0.268 bits per heavy atom. The smallest absolute Gasteiger partial charge is 0.693 e. The zero-order valence-corrected chi connectivity index (χ0v) is 35.7. The summed E-state index contributed by atoms with van der Waals surface area (Å²) in [6.45, 7) is 56.9. The SMILES string of the molecule is CC[N+](CC)(CC)CC.CC[N+](CC)(CC)CC.CC[N+](CC)(CC)CC.CC[N+](CC)(CC)CC.[Cl][Pt]([Cl])[Cl].[NH2-]. The predicted octanol–water partition coefficient (Wildman–Crippen LogP) is 10.3. The first-order valence-corrected chi connectivity index (χ1v) is 25.2. The van der Waals surface area contributed by atoms with Crippen molar-refractivity contribution < 1.29 is 32.1 Å². The molecule has 0 aliphatic rings. The van der Waals surface area contributed by atoms with Crippen molar-refractivity contribution in [2.45, 2.75) is 111 Å². The van der Waals surface area contributed by atoms with E-state index in [0.717, 1.165) is 0 Å². The summed E-state index contributed by atoms with van der Waals surface area (Å²) in [7, 11) is 14.9. The van der Waals surface area contributed by atoms with Gasteiger partial charge in [0.15, 0.2) is 0 Å². The van der Waals surface area contributed by atoms with Crippen molar-refractivity contribution in [1.29, 1.82) is 0 Å². The summed E-state index contributed by atoms with van der Waals surface area (Å²) in [6.07, 6.45) is 0. The molecule has 0 aliphatic carbocycles. The van der Waals surface area contributed by atoms with Crippen molar-refractivity contribution in [2.24, 2.45) is 0 Å². The maximum Gasteiger partial charge on any atom is -0.693 e. The van der Waals surface area contributed by atoms with Crippen molar-refractivity contribution in [2.75, 3.05) is 105 Å². The third-order valence-electron chi connectivity index (χ3n) is 10.7. The summed E-state index contributed by atoms with van der Waals surface area (Å²) < 4.78 is 5.11. The second-order valence-electron chi connectivity index (χ2n) is 10.6. The van der Waals surface area contributed by atoms with Gasteiger partial charge in [-0.15, -0.1) is 0 Å². The molecule has 0 bridgehead atoms. The molecule has 0 spiro atoms. The molecule has 0 rings (SSSR count). The summed E-state index contributed by atoms with van der Waals surface area (Å²) in [4.78, 5) is 0. The van der Waals surface area contributed by atoms with Crippen LogP contribution in [0, 0.1) is 0 Å². The largest absolute Gasteiger partial charge is 0.693 e. The minimum Gasteiger partial charge on any atom is -0.693 e. The predicted molar refractivity (Wildman–Crippen MR) is 193 cm³/mol. The number of halogens is 3. The Kier molecular flexibility index (Phi) is 45.8. The summed E-state index contributed by atoms with van der Waals surface area (Å²) in [5.74, 6) is 0. The first-order valence-electron chi connectivity index (χ1n) is 16.7. The average Bonchev–Trinajstić information content (AvgIpc) is 3.00. The fraction of sp³-hybridized carbons (Fsp3) is 1.00. The van der Waals surface area contributed by atoms with Gasteiger partial charge in [-0.3, -0.25) is 0 Å². The molecule has 2 N–H and O–H groups in total. The fourth-order valence-corrected chi connectivity index (χ4v) is 5.37. The maximum absolute atomic E-state index is 4.96. The van der Waals surface area contributed by atoms with Gasteiger partial charge in [-0.05, 0) is 111 Å². The molecule has 0 aromatic rings. The molecule has 0 saturated heterocycles. The summed E-state index contributed by atoms with van der Waals surface area (Å²) >= 11 is -1.85. The standard InChI is InChI=1S/4C8H20N.3ClH.H2N.Pt/c4*1-5-9(6-2,7-3)8-4;;;;;/h4*5-8H2,1-4H3;3*1H;1H2;/q4*+1;;;;-1;+3/p-3. The van der Waals surface area contributed by atoms with Gasteiger partial charge in [-0.2, -0.15) is 0 Å². The van der Waals surface area contributed by atoms with E-state index in [-0.39, 0.29) is 6.15 Å². The van der Waals surface area contributed by atoms with Crippen LogP contribution in [0.3, 0.4) is 0 Å². The Morgan fingerprint density at radius 2 is 0.317 bits per heavy atom. The van der Waals surface area contributed by atoms with Crippen LogP contribution in [0.25, 0.3) is 6.15 Å². The Balaban J connectivity index is -0.0000000946. The number of nitrogens with two attached hydrogens (primary N) is 1. The monoisotopic (exact) mass is 837 g/mol. The summed E-state index contributed by atoms with van der Waals surface area (Å²) in [5, 5.41) is 0. The van der Waals surface area contributed by atoms with Gasteiger partial charge in [0, 0.05) is 0 Å². The third kappa shape index (κ3) is 26.3. The van der Waals surface area contributed by atoms with E-state index >= 15 is 0 Å². The van der Waals surface area contributed by atoms with Crippen molar-refractivity contribution >= 4 is 28.3 Å². The first kappa shape index (κ1) is 54.8. The van der Waals surface area contributed by atoms with E-state index in [9.17, 15) is 0 Å². The quantitative estimate of drug-likeness (QED) is 0.139. The zero-order valence-electron chi connectivity index (χ0n) is 31.1. The van der Waals surface area contributed by atoms with Gasteiger partial charge in [0.2, 0.25) is 0 Å². The molecule has 0 aromatic heterocycles. The molecule has 0 heterocycles. The normalized spacial score (nSPS) is 11.6. The average molecular weight is 838 g/mol. The van der Waals surface area contributed by atoms with Crippen LogP contribution in [0.4, 0.5) is 0 Å². The van der Waals surface area contributed by atoms with E-state index < -0.39 is 14.2 Å². The Labute approximate surface area is 280 Å². The van der Waals surface area contributed by atoms with Crippen molar-refractivity contribution in [1.82, 2.24) is 0 Å². The van der Waals surface area contributed by atoms with Gasteiger partial charge >= 0.3 is 42.4 Å². The first-order chi connectivity index (χ1) is 18.7. The van der Waals surface area contributed by atoms with Crippen LogP contribution in [-0.4, -0.2) is 123 Å². The van der Waals surface area contributed by atoms with E-state index in [1.165, 1.54) is 123 Å². The molecule has 0 unspecified atom stereocenters. The third-order valence-corrected chi connectivity index (χ3v) is 10.7. The summed E-state index contributed by atoms with van der Waals surface area (Å²) in [5.41, 5.74) is 0. The Hall–Kier alpha value is 1.36.